The Morgan fingerprint density at radius 1 is 1.47 bits per heavy atom. The number of nitrogens with two attached hydrogens (primary N) is 1. The Kier molecular flexibility index (Phi) is 3.19. The number of hydrogen-bond acceptors (Lipinski definition) is 3. The Balaban J connectivity index is 3.22. The molecule has 0 spiro atoms. The van der Waals surface area contributed by atoms with Crippen molar-refractivity contribution in [1.82, 2.24) is 0 Å². The van der Waals surface area contributed by atoms with E-state index in [-0.39, 0.29) is 10.5 Å². The molecule has 1 rings (SSSR count). The fourth-order valence-electron chi connectivity index (χ4n) is 0.947. The summed E-state index contributed by atoms with van der Waals surface area (Å²) in [6.45, 7) is 0. The van der Waals surface area contributed by atoms with Crippen molar-refractivity contribution in [3.8, 4) is 6.07 Å². The van der Waals surface area contributed by atoms with Gasteiger partial charge in [-0.25, -0.2) is 17.9 Å². The summed E-state index contributed by atoms with van der Waals surface area (Å²) in [6, 6.07) is 4.93. The summed E-state index contributed by atoms with van der Waals surface area (Å²) >= 11 is 0. The van der Waals surface area contributed by atoms with Crippen LogP contribution in [0.25, 0.3) is 6.08 Å². The Morgan fingerprint density at radius 3 is 2.60 bits per heavy atom. The molecule has 0 amide bonds. The molecule has 0 heterocycles. The minimum atomic E-state index is -3.89. The monoisotopic (exact) mass is 226 g/mol. The second kappa shape index (κ2) is 4.21. The highest BCUT2D eigenvalue weighted by Gasteiger charge is 2.09. The molecule has 0 atom stereocenters. The molecule has 15 heavy (non-hydrogen) atoms. The van der Waals surface area contributed by atoms with E-state index in [2.05, 4.69) is 0 Å². The van der Waals surface area contributed by atoms with Gasteiger partial charge in [0.2, 0.25) is 10.0 Å². The highest BCUT2D eigenvalue weighted by Crippen LogP contribution is 2.14. The molecule has 1 aromatic carbocycles. The molecular weight excluding hydrogens is 219 g/mol. The lowest BCUT2D eigenvalue weighted by Crippen LogP contribution is -2.12. The second-order valence-electron chi connectivity index (χ2n) is 2.69. The lowest BCUT2D eigenvalue weighted by atomic mass is 10.2. The van der Waals surface area contributed by atoms with Gasteiger partial charge in [-0.3, -0.25) is 0 Å². The zero-order chi connectivity index (χ0) is 11.5. The van der Waals surface area contributed by atoms with Crippen molar-refractivity contribution >= 4 is 16.1 Å². The van der Waals surface area contributed by atoms with Gasteiger partial charge in [0.25, 0.3) is 0 Å². The molecule has 0 aromatic heterocycles. The van der Waals surface area contributed by atoms with Crippen LogP contribution in [0.1, 0.15) is 5.56 Å². The molecule has 1 aromatic rings. The van der Waals surface area contributed by atoms with E-state index in [1.165, 1.54) is 18.2 Å². The fourth-order valence-corrected chi connectivity index (χ4v) is 1.47. The zero-order valence-corrected chi connectivity index (χ0v) is 8.33. The van der Waals surface area contributed by atoms with Crippen molar-refractivity contribution in [3.63, 3.8) is 0 Å². The highest BCUT2D eigenvalue weighted by molar-refractivity contribution is 7.89. The summed E-state index contributed by atoms with van der Waals surface area (Å²) in [5.74, 6) is -0.743. The van der Waals surface area contributed by atoms with Gasteiger partial charge in [0.1, 0.15) is 5.82 Å². The van der Waals surface area contributed by atoms with Crippen LogP contribution in [0.4, 0.5) is 4.39 Å². The van der Waals surface area contributed by atoms with Gasteiger partial charge in [0.15, 0.2) is 0 Å². The minimum Gasteiger partial charge on any atom is -0.225 e. The van der Waals surface area contributed by atoms with E-state index < -0.39 is 15.8 Å². The topological polar surface area (TPSA) is 83.9 Å². The second-order valence-corrected chi connectivity index (χ2v) is 4.25. The van der Waals surface area contributed by atoms with Gasteiger partial charge in [-0.05, 0) is 18.2 Å². The largest absolute Gasteiger partial charge is 0.238 e. The minimum absolute atomic E-state index is 0.129. The zero-order valence-electron chi connectivity index (χ0n) is 7.51. The summed E-state index contributed by atoms with van der Waals surface area (Å²) in [5.41, 5.74) is 0.129. The van der Waals surface area contributed by atoms with Gasteiger partial charge >= 0.3 is 0 Å². The van der Waals surface area contributed by atoms with E-state index >= 15 is 0 Å². The third-order valence-corrected chi connectivity index (χ3v) is 2.55. The molecule has 4 nitrogen and oxygen atoms in total. The Labute approximate surface area is 86.5 Å². The Hall–Kier alpha value is -1.71. The number of nitriles is 1. The van der Waals surface area contributed by atoms with Crippen LogP contribution in [0, 0.1) is 17.1 Å². The molecule has 0 fully saturated rings. The number of sulfonamides is 1. The van der Waals surface area contributed by atoms with Crippen LogP contribution in [0.2, 0.25) is 0 Å². The van der Waals surface area contributed by atoms with Crippen molar-refractivity contribution in [1.29, 1.82) is 5.26 Å². The molecule has 0 aliphatic carbocycles. The molecule has 0 aliphatic rings. The van der Waals surface area contributed by atoms with Crippen molar-refractivity contribution in [2.75, 3.05) is 0 Å². The maximum absolute atomic E-state index is 13.2. The molecule has 0 aliphatic heterocycles. The average Bonchev–Trinajstić information content (AvgIpc) is 2.14. The summed E-state index contributed by atoms with van der Waals surface area (Å²) in [4.78, 5) is -0.297. The SMILES string of the molecule is N#CC=Cc1ccc(S(N)(=O)=O)cc1F. The van der Waals surface area contributed by atoms with E-state index in [9.17, 15) is 12.8 Å². The third kappa shape index (κ3) is 2.87. The number of halogens is 1. The highest BCUT2D eigenvalue weighted by atomic mass is 32.2. The van der Waals surface area contributed by atoms with Crippen LogP contribution in [0.3, 0.4) is 0 Å². The smallest absolute Gasteiger partial charge is 0.225 e. The molecule has 6 heteroatoms. The average molecular weight is 226 g/mol. The van der Waals surface area contributed by atoms with Crippen molar-refractivity contribution < 1.29 is 12.8 Å². The van der Waals surface area contributed by atoms with Gasteiger partial charge in [-0.15, -0.1) is 0 Å². The van der Waals surface area contributed by atoms with Crippen molar-refractivity contribution in [3.05, 3.63) is 35.7 Å². The first kappa shape index (κ1) is 11.4. The first-order chi connectivity index (χ1) is 6.95. The number of allylic oxidation sites excluding steroid dienone is 1. The van der Waals surface area contributed by atoms with E-state index in [0.29, 0.717) is 0 Å². The van der Waals surface area contributed by atoms with Crippen molar-refractivity contribution in [2.24, 2.45) is 5.14 Å². The van der Waals surface area contributed by atoms with Crippen LogP contribution in [0.15, 0.2) is 29.2 Å². The van der Waals surface area contributed by atoms with E-state index in [0.717, 1.165) is 12.1 Å². The molecular formula is C9H7FN2O2S. The molecule has 0 bridgehead atoms. The Bertz CT molecular complexity index is 544. The van der Waals surface area contributed by atoms with Gasteiger partial charge in [-0.2, -0.15) is 5.26 Å². The molecule has 78 valence electrons. The number of hydrogen-bond donors (Lipinski definition) is 1. The molecule has 0 saturated carbocycles. The van der Waals surface area contributed by atoms with E-state index in [1.54, 1.807) is 6.07 Å². The quantitative estimate of drug-likeness (QED) is 0.764. The predicted molar refractivity (Wildman–Crippen MR) is 52.4 cm³/mol. The van der Waals surface area contributed by atoms with Crippen LogP contribution in [-0.2, 0) is 10.0 Å². The van der Waals surface area contributed by atoms with Crippen molar-refractivity contribution in [2.45, 2.75) is 4.90 Å². The number of nitrogens with zero attached hydrogens (tertiary/aromatic N) is 1. The number of rotatable bonds is 2. The van der Waals surface area contributed by atoms with E-state index in [1.807, 2.05) is 0 Å². The lowest BCUT2D eigenvalue weighted by molar-refractivity contribution is 0.592. The molecule has 2 N–H and O–H groups in total. The van der Waals surface area contributed by atoms with Gasteiger partial charge in [-0.1, -0.05) is 6.07 Å². The third-order valence-electron chi connectivity index (χ3n) is 1.64. The van der Waals surface area contributed by atoms with Gasteiger partial charge < -0.3 is 0 Å². The molecule has 0 saturated heterocycles. The number of benzene rings is 1. The van der Waals surface area contributed by atoms with Crippen LogP contribution in [-0.4, -0.2) is 8.42 Å². The van der Waals surface area contributed by atoms with E-state index in [4.69, 9.17) is 10.4 Å². The Morgan fingerprint density at radius 2 is 2.13 bits per heavy atom. The van der Waals surface area contributed by atoms with Gasteiger partial charge in [0.05, 0.1) is 11.0 Å². The fraction of sp³-hybridized carbons (Fsp3) is 0. The maximum atomic E-state index is 13.2. The summed E-state index contributed by atoms with van der Waals surface area (Å²) in [7, 11) is -3.89. The first-order valence-corrected chi connectivity index (χ1v) is 5.38. The maximum Gasteiger partial charge on any atom is 0.238 e. The summed E-state index contributed by atoms with van der Waals surface area (Å²) < 4.78 is 34.9. The summed E-state index contributed by atoms with van der Waals surface area (Å²) in [6.07, 6.45) is 2.33. The predicted octanol–water partition coefficient (Wildman–Crippen LogP) is 1.01. The normalized spacial score (nSPS) is 11.5. The molecule has 0 radical (unpaired) electrons. The van der Waals surface area contributed by atoms with Gasteiger partial charge in [0, 0.05) is 11.6 Å². The number of primary sulfonamides is 1. The van der Waals surface area contributed by atoms with Crippen LogP contribution in [0.5, 0.6) is 0 Å². The standard InChI is InChI=1S/C9H7FN2O2S/c10-9-6-8(15(12,13)14)4-3-7(9)2-1-5-11/h1-4,6H,(H2,12,13,14). The lowest BCUT2D eigenvalue weighted by Gasteiger charge is -2.00. The van der Waals surface area contributed by atoms with Crippen LogP contribution >= 0.6 is 0 Å². The summed E-state index contributed by atoms with van der Waals surface area (Å²) in [5, 5.41) is 13.0. The molecule has 0 unspecified atom stereocenters. The first-order valence-electron chi connectivity index (χ1n) is 3.83. The van der Waals surface area contributed by atoms with Crippen LogP contribution < -0.4 is 5.14 Å².